The Labute approximate surface area is 187 Å². The summed E-state index contributed by atoms with van der Waals surface area (Å²) in [5.41, 5.74) is 5.04. The maximum atomic E-state index is 12.8. The molecule has 0 radical (unpaired) electrons. The lowest BCUT2D eigenvalue weighted by atomic mass is 10.1. The number of carbonyl (C=O) groups is 2. The molecule has 3 heterocycles. The van der Waals surface area contributed by atoms with E-state index in [-0.39, 0.29) is 17.6 Å². The maximum Gasteiger partial charge on any atom is 0.290 e. The Hall–Kier alpha value is -3.54. The molecule has 1 saturated heterocycles. The fourth-order valence-corrected chi connectivity index (χ4v) is 4.68. The Morgan fingerprint density at radius 1 is 0.969 bits per heavy atom. The smallest absolute Gasteiger partial charge is 0.290 e. The van der Waals surface area contributed by atoms with Crippen molar-refractivity contribution in [3.05, 3.63) is 89.4 Å². The summed E-state index contributed by atoms with van der Waals surface area (Å²) < 4.78 is 5.22. The Morgan fingerprint density at radius 3 is 2.59 bits per heavy atom. The standard InChI is InChI=1S/C26H27N3O3/c30-25(23-7-3-14-29(23)26(31)24-8-4-16-32-24)27-17-19-9-11-20(12-10-19)18-28-15-13-21-5-1-2-6-22(21)28/h1-2,4-6,8-12,16,23H,3,7,13-15,17-18H2,(H,27,30). The first-order chi connectivity index (χ1) is 15.7. The molecule has 2 amide bonds. The lowest BCUT2D eigenvalue weighted by Crippen LogP contribution is -2.45. The monoisotopic (exact) mass is 429 g/mol. The molecule has 2 aliphatic heterocycles. The average molecular weight is 430 g/mol. The molecule has 0 aliphatic carbocycles. The number of likely N-dealkylation sites (tertiary alicyclic amines) is 1. The first-order valence-corrected chi connectivity index (χ1v) is 11.2. The van der Waals surface area contributed by atoms with Gasteiger partial charge in [0.05, 0.1) is 6.26 Å². The van der Waals surface area contributed by atoms with Crippen molar-refractivity contribution >= 4 is 17.5 Å². The van der Waals surface area contributed by atoms with Crippen LogP contribution >= 0.6 is 0 Å². The van der Waals surface area contributed by atoms with E-state index >= 15 is 0 Å². The minimum Gasteiger partial charge on any atom is -0.459 e. The van der Waals surface area contributed by atoms with Crippen LogP contribution in [0.15, 0.2) is 71.3 Å². The SMILES string of the molecule is O=C(NCc1ccc(CN2CCc3ccccc32)cc1)C1CCCN1C(=O)c1ccco1. The third-order valence-electron chi connectivity index (χ3n) is 6.39. The van der Waals surface area contributed by atoms with Gasteiger partial charge < -0.3 is 19.5 Å². The summed E-state index contributed by atoms with van der Waals surface area (Å²) in [7, 11) is 0. The van der Waals surface area contributed by atoms with Crippen molar-refractivity contribution in [1.29, 1.82) is 0 Å². The molecule has 2 aliphatic rings. The Kier molecular flexibility index (Phi) is 5.67. The molecular weight excluding hydrogens is 402 g/mol. The normalized spacial score (nSPS) is 17.4. The number of amides is 2. The van der Waals surface area contributed by atoms with Gasteiger partial charge in [-0.2, -0.15) is 0 Å². The number of furan rings is 1. The van der Waals surface area contributed by atoms with Gasteiger partial charge in [-0.15, -0.1) is 0 Å². The molecule has 1 aromatic heterocycles. The van der Waals surface area contributed by atoms with Crippen LogP contribution in [0, 0.1) is 0 Å². The van der Waals surface area contributed by atoms with Crippen molar-refractivity contribution in [2.75, 3.05) is 18.0 Å². The molecule has 1 fully saturated rings. The zero-order valence-electron chi connectivity index (χ0n) is 18.0. The fraction of sp³-hybridized carbons (Fsp3) is 0.308. The molecule has 5 rings (SSSR count). The van der Waals surface area contributed by atoms with E-state index in [1.54, 1.807) is 17.0 Å². The van der Waals surface area contributed by atoms with Gasteiger partial charge in [0.2, 0.25) is 5.91 Å². The van der Waals surface area contributed by atoms with Crippen LogP contribution < -0.4 is 10.2 Å². The molecule has 6 nitrogen and oxygen atoms in total. The van der Waals surface area contributed by atoms with Crippen LogP contribution in [0.5, 0.6) is 0 Å². The zero-order chi connectivity index (χ0) is 21.9. The lowest BCUT2D eigenvalue weighted by molar-refractivity contribution is -0.125. The van der Waals surface area contributed by atoms with Gasteiger partial charge in [0.15, 0.2) is 5.76 Å². The van der Waals surface area contributed by atoms with Crippen molar-refractivity contribution < 1.29 is 14.0 Å². The van der Waals surface area contributed by atoms with Crippen molar-refractivity contribution in [1.82, 2.24) is 10.2 Å². The molecule has 164 valence electrons. The van der Waals surface area contributed by atoms with Gasteiger partial charge in [-0.3, -0.25) is 9.59 Å². The maximum absolute atomic E-state index is 12.8. The van der Waals surface area contributed by atoms with E-state index < -0.39 is 6.04 Å². The first-order valence-electron chi connectivity index (χ1n) is 11.2. The van der Waals surface area contributed by atoms with E-state index in [0.29, 0.717) is 19.5 Å². The molecule has 1 unspecified atom stereocenters. The van der Waals surface area contributed by atoms with Crippen LogP contribution in [0.1, 0.15) is 40.1 Å². The van der Waals surface area contributed by atoms with E-state index in [2.05, 4.69) is 58.7 Å². The third-order valence-corrected chi connectivity index (χ3v) is 6.39. The summed E-state index contributed by atoms with van der Waals surface area (Å²) >= 11 is 0. The molecule has 0 saturated carbocycles. The molecule has 0 spiro atoms. The lowest BCUT2D eigenvalue weighted by Gasteiger charge is -2.23. The van der Waals surface area contributed by atoms with Gasteiger partial charge >= 0.3 is 0 Å². The predicted octanol–water partition coefficient (Wildman–Crippen LogP) is 3.76. The van der Waals surface area contributed by atoms with Gasteiger partial charge in [-0.05, 0) is 54.2 Å². The number of para-hydroxylation sites is 1. The zero-order valence-corrected chi connectivity index (χ0v) is 18.0. The fourth-order valence-electron chi connectivity index (χ4n) is 4.68. The molecule has 6 heteroatoms. The Bertz CT molecular complexity index is 1090. The second-order valence-electron chi connectivity index (χ2n) is 8.47. The highest BCUT2D eigenvalue weighted by Crippen LogP contribution is 2.28. The number of carbonyl (C=O) groups excluding carboxylic acids is 2. The summed E-state index contributed by atoms with van der Waals surface area (Å²) in [5, 5.41) is 3.00. The van der Waals surface area contributed by atoms with Crippen molar-refractivity contribution in [2.45, 2.75) is 38.4 Å². The van der Waals surface area contributed by atoms with Crippen molar-refractivity contribution in [3.63, 3.8) is 0 Å². The van der Waals surface area contributed by atoms with Gasteiger partial charge in [-0.1, -0.05) is 42.5 Å². The molecule has 2 aromatic carbocycles. The van der Waals surface area contributed by atoms with Gasteiger partial charge in [0.1, 0.15) is 6.04 Å². The van der Waals surface area contributed by atoms with Crippen LogP contribution in [0.3, 0.4) is 0 Å². The summed E-state index contributed by atoms with van der Waals surface area (Å²) in [6.07, 6.45) is 4.07. The summed E-state index contributed by atoms with van der Waals surface area (Å²) in [6.45, 7) is 2.96. The van der Waals surface area contributed by atoms with Crippen molar-refractivity contribution in [2.24, 2.45) is 0 Å². The average Bonchev–Trinajstić information content (AvgIpc) is 3.59. The predicted molar refractivity (Wildman–Crippen MR) is 122 cm³/mol. The molecule has 0 bridgehead atoms. The number of fused-ring (bicyclic) bond motifs is 1. The Morgan fingerprint density at radius 2 is 1.78 bits per heavy atom. The van der Waals surface area contributed by atoms with Crippen LogP contribution in [0.4, 0.5) is 5.69 Å². The minimum atomic E-state index is -0.442. The number of hydrogen-bond donors (Lipinski definition) is 1. The molecule has 3 aromatic rings. The number of rotatable bonds is 6. The molecular formula is C26H27N3O3. The number of nitrogens with zero attached hydrogens (tertiary/aromatic N) is 2. The number of anilines is 1. The highest BCUT2D eigenvalue weighted by molar-refractivity contribution is 5.95. The highest BCUT2D eigenvalue weighted by Gasteiger charge is 2.35. The van der Waals surface area contributed by atoms with E-state index in [1.807, 2.05) is 0 Å². The highest BCUT2D eigenvalue weighted by atomic mass is 16.3. The third kappa shape index (κ3) is 4.13. The second-order valence-corrected chi connectivity index (χ2v) is 8.47. The second kappa shape index (κ2) is 8.91. The van der Waals surface area contributed by atoms with E-state index in [1.165, 1.54) is 23.1 Å². The molecule has 32 heavy (non-hydrogen) atoms. The van der Waals surface area contributed by atoms with Crippen LogP contribution in [-0.2, 0) is 24.3 Å². The topological polar surface area (TPSA) is 65.8 Å². The summed E-state index contributed by atoms with van der Waals surface area (Å²) in [4.78, 5) is 29.4. The van der Waals surface area contributed by atoms with Crippen LogP contribution in [0.2, 0.25) is 0 Å². The summed E-state index contributed by atoms with van der Waals surface area (Å²) in [6, 6.07) is 19.9. The first kappa shape index (κ1) is 20.4. The number of benzene rings is 2. The van der Waals surface area contributed by atoms with E-state index in [4.69, 9.17) is 4.42 Å². The molecule has 1 atom stereocenters. The van der Waals surface area contributed by atoms with E-state index in [9.17, 15) is 9.59 Å². The number of hydrogen-bond acceptors (Lipinski definition) is 4. The van der Waals surface area contributed by atoms with Crippen molar-refractivity contribution in [3.8, 4) is 0 Å². The van der Waals surface area contributed by atoms with Crippen LogP contribution in [-0.4, -0.2) is 35.8 Å². The van der Waals surface area contributed by atoms with Crippen LogP contribution in [0.25, 0.3) is 0 Å². The van der Waals surface area contributed by atoms with Gasteiger partial charge in [0.25, 0.3) is 5.91 Å². The van der Waals surface area contributed by atoms with Gasteiger partial charge in [0, 0.05) is 31.9 Å². The summed E-state index contributed by atoms with van der Waals surface area (Å²) in [5.74, 6) is -0.0541. The number of nitrogens with one attached hydrogen (secondary N) is 1. The minimum absolute atomic E-state index is 0.111. The van der Waals surface area contributed by atoms with Gasteiger partial charge in [-0.25, -0.2) is 0 Å². The largest absolute Gasteiger partial charge is 0.459 e. The Balaban J connectivity index is 1.16. The quantitative estimate of drug-likeness (QED) is 0.648. The molecule has 1 N–H and O–H groups in total. The van der Waals surface area contributed by atoms with E-state index in [0.717, 1.165) is 31.5 Å².